The third-order valence-electron chi connectivity index (χ3n) is 3.33. The second kappa shape index (κ2) is 5.71. The number of hydrogen-bond donors (Lipinski definition) is 1. The summed E-state index contributed by atoms with van der Waals surface area (Å²) in [7, 11) is -3.94. The Labute approximate surface area is 123 Å². The van der Waals surface area contributed by atoms with Crippen molar-refractivity contribution in [1.29, 1.82) is 0 Å². The molecule has 0 spiro atoms. The van der Waals surface area contributed by atoms with Crippen molar-refractivity contribution >= 4 is 27.5 Å². The molecule has 0 atom stereocenters. The lowest BCUT2D eigenvalue weighted by atomic mass is 10.2. The van der Waals surface area contributed by atoms with Crippen LogP contribution in [-0.4, -0.2) is 32.3 Å². The highest BCUT2D eigenvalue weighted by molar-refractivity contribution is 7.89. The van der Waals surface area contributed by atoms with E-state index >= 15 is 0 Å². The molecule has 1 aromatic rings. The molecule has 20 heavy (non-hydrogen) atoms. The lowest BCUT2D eigenvalue weighted by Crippen LogP contribution is -2.32. The van der Waals surface area contributed by atoms with Crippen LogP contribution in [0, 0.1) is 5.92 Å². The third kappa shape index (κ3) is 3.50. The highest BCUT2D eigenvalue weighted by Crippen LogP contribution is 2.30. The molecule has 1 amide bonds. The van der Waals surface area contributed by atoms with Crippen LogP contribution in [0.15, 0.2) is 23.1 Å². The third-order valence-corrected chi connectivity index (χ3v) is 4.72. The van der Waals surface area contributed by atoms with Gasteiger partial charge >= 0.3 is 0 Å². The van der Waals surface area contributed by atoms with Gasteiger partial charge in [-0.2, -0.15) is 0 Å². The van der Waals surface area contributed by atoms with E-state index in [9.17, 15) is 13.2 Å². The molecule has 1 aliphatic rings. The quantitative estimate of drug-likeness (QED) is 0.900. The number of carbonyl (C=O) groups is 1. The van der Waals surface area contributed by atoms with Crippen molar-refractivity contribution in [2.75, 3.05) is 13.1 Å². The van der Waals surface area contributed by atoms with Crippen LogP contribution in [0.2, 0.25) is 5.02 Å². The fourth-order valence-corrected chi connectivity index (χ4v) is 3.08. The van der Waals surface area contributed by atoms with Crippen molar-refractivity contribution in [3.8, 4) is 0 Å². The Bertz CT molecular complexity index is 627. The van der Waals surface area contributed by atoms with Gasteiger partial charge in [0.25, 0.3) is 5.91 Å². The summed E-state index contributed by atoms with van der Waals surface area (Å²) in [6.45, 7) is 3.20. The first kappa shape index (κ1) is 15.3. The molecule has 0 bridgehead atoms. The Balaban J connectivity index is 2.29. The maximum atomic E-state index is 12.4. The first-order valence-corrected chi connectivity index (χ1v) is 8.37. The van der Waals surface area contributed by atoms with Crippen molar-refractivity contribution < 1.29 is 13.2 Å². The average molecular weight is 317 g/mol. The van der Waals surface area contributed by atoms with Crippen molar-refractivity contribution in [2.24, 2.45) is 11.1 Å². The fraction of sp³-hybridized carbons (Fsp3) is 0.462. The molecule has 2 N–H and O–H groups in total. The molecule has 2 rings (SSSR count). The van der Waals surface area contributed by atoms with E-state index in [4.69, 9.17) is 16.7 Å². The highest BCUT2D eigenvalue weighted by Gasteiger charge is 2.27. The maximum absolute atomic E-state index is 12.4. The maximum Gasteiger partial charge on any atom is 0.253 e. The van der Waals surface area contributed by atoms with Crippen LogP contribution in [0.25, 0.3) is 0 Å². The van der Waals surface area contributed by atoms with Crippen LogP contribution in [0.5, 0.6) is 0 Å². The van der Waals surface area contributed by atoms with Gasteiger partial charge in [0.15, 0.2) is 0 Å². The minimum Gasteiger partial charge on any atom is -0.339 e. The van der Waals surface area contributed by atoms with Crippen LogP contribution >= 0.6 is 11.6 Å². The Morgan fingerprint density at radius 2 is 2.10 bits per heavy atom. The summed E-state index contributed by atoms with van der Waals surface area (Å²) in [6, 6.07) is 4.16. The molecule has 1 fully saturated rings. The standard InChI is InChI=1S/C13H17ClN2O3S/c1-2-16(8-9-3-4-9)13(17)10-5-6-11(14)12(7-10)20(15,18)19/h5-7,9H,2-4,8H2,1H3,(H2,15,18,19). The molecule has 0 radical (unpaired) electrons. The summed E-state index contributed by atoms with van der Waals surface area (Å²) in [6.07, 6.45) is 2.29. The lowest BCUT2D eigenvalue weighted by molar-refractivity contribution is 0.0756. The Morgan fingerprint density at radius 1 is 1.45 bits per heavy atom. The summed E-state index contributed by atoms with van der Waals surface area (Å²) < 4.78 is 22.8. The molecule has 1 aromatic carbocycles. The summed E-state index contributed by atoms with van der Waals surface area (Å²) in [5, 5.41) is 5.11. The zero-order valence-corrected chi connectivity index (χ0v) is 12.7. The topological polar surface area (TPSA) is 80.5 Å². The van der Waals surface area contributed by atoms with Gasteiger partial charge in [-0.3, -0.25) is 4.79 Å². The van der Waals surface area contributed by atoms with Crippen molar-refractivity contribution in [2.45, 2.75) is 24.7 Å². The van der Waals surface area contributed by atoms with Gasteiger partial charge < -0.3 is 4.90 Å². The average Bonchev–Trinajstić information content (AvgIpc) is 3.18. The van der Waals surface area contributed by atoms with Crippen LogP contribution in [-0.2, 0) is 10.0 Å². The van der Waals surface area contributed by atoms with Crippen molar-refractivity contribution in [3.05, 3.63) is 28.8 Å². The first-order valence-electron chi connectivity index (χ1n) is 6.44. The van der Waals surface area contributed by atoms with Gasteiger partial charge in [-0.25, -0.2) is 13.6 Å². The van der Waals surface area contributed by atoms with Gasteiger partial charge in [0, 0.05) is 18.7 Å². The lowest BCUT2D eigenvalue weighted by Gasteiger charge is -2.21. The Kier molecular flexibility index (Phi) is 4.36. The number of hydrogen-bond acceptors (Lipinski definition) is 3. The van der Waals surface area contributed by atoms with Gasteiger partial charge in [0.2, 0.25) is 10.0 Å². The van der Waals surface area contributed by atoms with E-state index < -0.39 is 10.0 Å². The van der Waals surface area contributed by atoms with Crippen LogP contribution in [0.3, 0.4) is 0 Å². The normalized spacial score (nSPS) is 15.2. The van der Waals surface area contributed by atoms with Gasteiger partial charge in [-0.1, -0.05) is 11.6 Å². The molecule has 0 unspecified atom stereocenters. The molecule has 5 nitrogen and oxygen atoms in total. The monoisotopic (exact) mass is 316 g/mol. The number of rotatable bonds is 5. The second-order valence-corrected chi connectivity index (χ2v) is 6.91. The number of halogens is 1. The van der Waals surface area contributed by atoms with Crippen LogP contribution < -0.4 is 5.14 Å². The van der Waals surface area contributed by atoms with Crippen LogP contribution in [0.4, 0.5) is 0 Å². The van der Waals surface area contributed by atoms with Gasteiger partial charge in [-0.05, 0) is 43.9 Å². The predicted molar refractivity (Wildman–Crippen MR) is 77.1 cm³/mol. The van der Waals surface area contributed by atoms with Gasteiger partial charge in [-0.15, -0.1) is 0 Å². The zero-order valence-electron chi connectivity index (χ0n) is 11.2. The van der Waals surface area contributed by atoms with Crippen molar-refractivity contribution in [1.82, 2.24) is 4.90 Å². The van der Waals surface area contributed by atoms with E-state index in [0.29, 0.717) is 24.6 Å². The SMILES string of the molecule is CCN(CC1CC1)C(=O)c1ccc(Cl)c(S(N)(=O)=O)c1. The molecule has 0 aromatic heterocycles. The predicted octanol–water partition coefficient (Wildman–Crippen LogP) is 1.86. The van der Waals surface area contributed by atoms with E-state index in [2.05, 4.69) is 0 Å². The number of carbonyl (C=O) groups excluding carboxylic acids is 1. The Morgan fingerprint density at radius 3 is 2.60 bits per heavy atom. The molecule has 0 aliphatic heterocycles. The minimum atomic E-state index is -3.94. The molecule has 1 aliphatic carbocycles. The molecule has 0 saturated heterocycles. The number of nitrogens with two attached hydrogens (primary N) is 1. The van der Waals surface area contributed by atoms with E-state index in [1.807, 2.05) is 6.92 Å². The van der Waals surface area contributed by atoms with Crippen molar-refractivity contribution in [3.63, 3.8) is 0 Å². The smallest absolute Gasteiger partial charge is 0.253 e. The number of sulfonamides is 1. The van der Waals surface area contributed by atoms with E-state index in [1.54, 1.807) is 4.90 Å². The minimum absolute atomic E-state index is 0.0225. The summed E-state index contributed by atoms with van der Waals surface area (Å²) in [4.78, 5) is 13.9. The first-order chi connectivity index (χ1) is 9.32. The van der Waals surface area contributed by atoms with E-state index in [1.165, 1.54) is 18.2 Å². The largest absolute Gasteiger partial charge is 0.339 e. The van der Waals surface area contributed by atoms with Gasteiger partial charge in [0.05, 0.1) is 5.02 Å². The van der Waals surface area contributed by atoms with Crippen LogP contribution in [0.1, 0.15) is 30.1 Å². The summed E-state index contributed by atoms with van der Waals surface area (Å²) in [5.74, 6) is 0.380. The summed E-state index contributed by atoms with van der Waals surface area (Å²) >= 11 is 5.81. The van der Waals surface area contributed by atoms with E-state index in [0.717, 1.165) is 12.8 Å². The zero-order chi connectivity index (χ0) is 14.9. The highest BCUT2D eigenvalue weighted by atomic mass is 35.5. The fourth-order valence-electron chi connectivity index (χ4n) is 2.00. The van der Waals surface area contributed by atoms with Gasteiger partial charge in [0.1, 0.15) is 4.90 Å². The van der Waals surface area contributed by atoms with E-state index in [-0.39, 0.29) is 15.8 Å². The molecule has 110 valence electrons. The second-order valence-electron chi connectivity index (χ2n) is 4.98. The number of amides is 1. The number of benzene rings is 1. The Hall–Kier alpha value is -1.11. The molecule has 7 heteroatoms. The number of nitrogens with zero attached hydrogens (tertiary/aromatic N) is 1. The number of primary sulfonamides is 1. The molecule has 1 saturated carbocycles. The summed E-state index contributed by atoms with van der Waals surface area (Å²) in [5.41, 5.74) is 0.293. The molecular weight excluding hydrogens is 300 g/mol. The molecule has 0 heterocycles. The molecular formula is C13H17ClN2O3S.